The normalized spacial score (nSPS) is 21.7. The Morgan fingerprint density at radius 2 is 2.29 bits per heavy atom. The summed E-state index contributed by atoms with van der Waals surface area (Å²) in [4.78, 5) is 1.44. The van der Waals surface area contributed by atoms with Crippen LogP contribution in [0.25, 0.3) is 5.57 Å². The smallest absolute Gasteiger partial charge is 0.163 e. The van der Waals surface area contributed by atoms with E-state index in [0.29, 0.717) is 0 Å². The summed E-state index contributed by atoms with van der Waals surface area (Å²) >= 11 is 1.85. The van der Waals surface area contributed by atoms with E-state index >= 15 is 0 Å². The third-order valence-electron chi connectivity index (χ3n) is 2.96. The van der Waals surface area contributed by atoms with Gasteiger partial charge in [-0.3, -0.25) is 0 Å². The number of hydrogen-bond donors (Lipinski definition) is 0. The molecular weight excluding hydrogens is 190 g/mol. The van der Waals surface area contributed by atoms with Gasteiger partial charge in [0.25, 0.3) is 0 Å². The second-order valence-electron chi connectivity index (χ2n) is 4.04. The molecule has 0 radical (unpaired) electrons. The highest BCUT2D eigenvalue weighted by atomic mass is 32.1. The minimum Gasteiger partial charge on any atom is -0.233 e. The molecule has 1 saturated carbocycles. The minimum absolute atomic E-state index is 0.871. The van der Waals surface area contributed by atoms with Crippen LogP contribution in [0.2, 0.25) is 0 Å². The predicted octanol–water partition coefficient (Wildman–Crippen LogP) is 2.78. The van der Waals surface area contributed by atoms with E-state index in [1.807, 2.05) is 11.3 Å². The zero-order valence-electron chi connectivity index (χ0n) is 8.15. The Balaban J connectivity index is 1.83. The molecule has 1 fully saturated rings. The van der Waals surface area contributed by atoms with Crippen molar-refractivity contribution >= 4 is 23.1 Å². The molecule has 0 atom stereocenters. The molecule has 1 aliphatic carbocycles. The van der Waals surface area contributed by atoms with E-state index in [0.717, 1.165) is 6.04 Å². The van der Waals surface area contributed by atoms with Gasteiger partial charge in [-0.1, -0.05) is 6.07 Å². The second-order valence-corrected chi connectivity index (χ2v) is 4.98. The average molecular weight is 204 g/mol. The van der Waals surface area contributed by atoms with Gasteiger partial charge < -0.3 is 0 Å². The molecule has 1 aromatic heterocycles. The van der Waals surface area contributed by atoms with Crippen molar-refractivity contribution in [3.63, 3.8) is 0 Å². The zero-order valence-corrected chi connectivity index (χ0v) is 8.96. The van der Waals surface area contributed by atoms with Gasteiger partial charge in [-0.15, -0.1) is 11.3 Å². The summed E-state index contributed by atoms with van der Waals surface area (Å²) in [6.45, 7) is 1.22. The highest BCUT2D eigenvalue weighted by Crippen LogP contribution is 2.28. The summed E-state index contributed by atoms with van der Waals surface area (Å²) in [6, 6.07) is 5.22. The zero-order chi connectivity index (χ0) is 9.38. The molecule has 2 aliphatic rings. The summed E-state index contributed by atoms with van der Waals surface area (Å²) in [7, 11) is 0. The highest BCUT2D eigenvalue weighted by Gasteiger charge is 2.33. The Kier molecular flexibility index (Phi) is 2.02. The van der Waals surface area contributed by atoms with Crippen LogP contribution in [0.4, 0.5) is 0 Å². The van der Waals surface area contributed by atoms with E-state index in [2.05, 4.69) is 34.4 Å². The minimum atomic E-state index is 0.871. The fraction of sp³-hybridized carbons (Fsp3) is 0.417. The first-order chi connectivity index (χ1) is 6.93. The van der Waals surface area contributed by atoms with Crippen molar-refractivity contribution in [1.29, 1.82) is 0 Å². The molecule has 1 aromatic rings. The third kappa shape index (κ3) is 1.55. The molecule has 0 aromatic carbocycles. The molecule has 1 nitrogen and oxygen atoms in total. The molecule has 0 bridgehead atoms. The lowest BCUT2D eigenvalue weighted by atomic mass is 10.1. The van der Waals surface area contributed by atoms with E-state index in [1.54, 1.807) is 0 Å². The second kappa shape index (κ2) is 3.35. The van der Waals surface area contributed by atoms with Gasteiger partial charge in [-0.25, -0.2) is 4.58 Å². The van der Waals surface area contributed by atoms with Crippen molar-refractivity contribution in [2.45, 2.75) is 25.3 Å². The SMILES string of the molecule is C1=C(c2cccs2)CC[N+](C2CC2)=C1. The largest absolute Gasteiger partial charge is 0.233 e. The lowest BCUT2D eigenvalue weighted by Gasteiger charge is -2.09. The molecule has 72 valence electrons. The number of nitrogens with zero attached hydrogens (tertiary/aromatic N) is 1. The summed E-state index contributed by atoms with van der Waals surface area (Å²) < 4.78 is 2.50. The summed E-state index contributed by atoms with van der Waals surface area (Å²) in [5.74, 6) is 0. The van der Waals surface area contributed by atoms with Crippen molar-refractivity contribution in [2.24, 2.45) is 0 Å². The van der Waals surface area contributed by atoms with Crippen molar-refractivity contribution in [3.05, 3.63) is 28.5 Å². The predicted molar refractivity (Wildman–Crippen MR) is 61.1 cm³/mol. The van der Waals surface area contributed by atoms with E-state index in [1.165, 1.54) is 36.3 Å². The number of thiophene rings is 1. The van der Waals surface area contributed by atoms with Crippen LogP contribution in [-0.2, 0) is 0 Å². The van der Waals surface area contributed by atoms with Crippen LogP contribution in [0.15, 0.2) is 23.6 Å². The van der Waals surface area contributed by atoms with Crippen LogP contribution >= 0.6 is 11.3 Å². The van der Waals surface area contributed by atoms with Gasteiger partial charge in [0.15, 0.2) is 12.3 Å². The summed E-state index contributed by atoms with van der Waals surface area (Å²) in [5.41, 5.74) is 1.51. The molecule has 0 unspecified atom stereocenters. The Hall–Kier alpha value is -0.890. The van der Waals surface area contributed by atoms with Crippen LogP contribution in [0.5, 0.6) is 0 Å². The number of rotatable bonds is 2. The monoisotopic (exact) mass is 204 g/mol. The Labute approximate surface area is 88.4 Å². The van der Waals surface area contributed by atoms with Gasteiger partial charge in [0, 0.05) is 30.2 Å². The summed E-state index contributed by atoms with van der Waals surface area (Å²) in [6.07, 6.45) is 8.61. The van der Waals surface area contributed by atoms with E-state index in [-0.39, 0.29) is 0 Å². The van der Waals surface area contributed by atoms with Crippen LogP contribution < -0.4 is 0 Å². The molecule has 0 N–H and O–H groups in total. The van der Waals surface area contributed by atoms with Gasteiger partial charge in [0.05, 0.1) is 0 Å². The maximum absolute atomic E-state index is 2.50. The van der Waals surface area contributed by atoms with E-state index in [4.69, 9.17) is 0 Å². The molecule has 3 rings (SSSR count). The lowest BCUT2D eigenvalue weighted by molar-refractivity contribution is -0.536. The van der Waals surface area contributed by atoms with Crippen LogP contribution in [0, 0.1) is 0 Å². The fourth-order valence-electron chi connectivity index (χ4n) is 1.97. The van der Waals surface area contributed by atoms with Crippen molar-refractivity contribution in [2.75, 3.05) is 6.54 Å². The number of hydrogen-bond acceptors (Lipinski definition) is 1. The maximum atomic E-state index is 2.50. The van der Waals surface area contributed by atoms with Crippen molar-refractivity contribution < 1.29 is 4.58 Å². The van der Waals surface area contributed by atoms with Crippen molar-refractivity contribution in [3.8, 4) is 0 Å². The molecular formula is C12H14NS+. The quantitative estimate of drug-likeness (QED) is 0.652. The molecule has 2 heteroatoms. The first-order valence-corrected chi connectivity index (χ1v) is 6.15. The Morgan fingerprint density at radius 3 is 2.86 bits per heavy atom. The van der Waals surface area contributed by atoms with Crippen LogP contribution in [-0.4, -0.2) is 23.4 Å². The fourth-order valence-corrected chi connectivity index (χ4v) is 2.75. The van der Waals surface area contributed by atoms with Crippen LogP contribution in [0.1, 0.15) is 24.1 Å². The molecule has 0 spiro atoms. The topological polar surface area (TPSA) is 3.01 Å². The molecule has 2 heterocycles. The first kappa shape index (κ1) is 8.42. The lowest BCUT2D eigenvalue weighted by Crippen LogP contribution is -2.19. The standard InChI is InChI=1S/C12H14NS/c1-2-12(14-9-1)10-5-7-13(8-6-10)11-3-4-11/h1-2,5,7,9,11H,3-4,6,8H2/q+1. The van der Waals surface area contributed by atoms with Crippen LogP contribution in [0.3, 0.4) is 0 Å². The van der Waals surface area contributed by atoms with Gasteiger partial charge >= 0.3 is 0 Å². The Morgan fingerprint density at radius 1 is 1.36 bits per heavy atom. The molecule has 0 saturated heterocycles. The van der Waals surface area contributed by atoms with Gasteiger partial charge in [-0.05, 0) is 17.0 Å². The third-order valence-corrected chi connectivity index (χ3v) is 3.91. The first-order valence-electron chi connectivity index (χ1n) is 5.27. The molecule has 1 aliphatic heterocycles. The van der Waals surface area contributed by atoms with Crippen molar-refractivity contribution in [1.82, 2.24) is 0 Å². The van der Waals surface area contributed by atoms with E-state index < -0.39 is 0 Å². The van der Waals surface area contributed by atoms with Gasteiger partial charge in [-0.2, -0.15) is 0 Å². The highest BCUT2D eigenvalue weighted by molar-refractivity contribution is 7.11. The van der Waals surface area contributed by atoms with Gasteiger partial charge in [0.1, 0.15) is 6.54 Å². The molecule has 0 amide bonds. The van der Waals surface area contributed by atoms with Gasteiger partial charge in [0.2, 0.25) is 0 Å². The maximum Gasteiger partial charge on any atom is 0.163 e. The average Bonchev–Trinajstić information content (AvgIpc) is 2.94. The molecule has 14 heavy (non-hydrogen) atoms. The van der Waals surface area contributed by atoms with E-state index in [9.17, 15) is 0 Å². The summed E-state index contributed by atoms with van der Waals surface area (Å²) in [5, 5.41) is 2.16. The Bertz CT molecular complexity index is 382. The number of allylic oxidation sites excluding steroid dienone is 1.